The minimum Gasteiger partial charge on any atom is -0.496 e. The largest absolute Gasteiger partial charge is 0.496 e. The number of fused-ring (bicyclic) bond motifs is 2. The van der Waals surface area contributed by atoms with Gasteiger partial charge in [0.25, 0.3) is 5.91 Å². The Labute approximate surface area is 325 Å². The van der Waals surface area contributed by atoms with Crippen molar-refractivity contribution in [1.82, 2.24) is 24.6 Å². The van der Waals surface area contributed by atoms with Crippen molar-refractivity contribution in [2.24, 2.45) is 23.0 Å². The highest BCUT2D eigenvalue weighted by molar-refractivity contribution is 14.0. The molecule has 1 saturated heterocycles. The number of halogens is 2. The zero-order valence-corrected chi connectivity index (χ0v) is 32.3. The summed E-state index contributed by atoms with van der Waals surface area (Å²) in [5.74, 6) is 5.00. The smallest absolute Gasteiger partial charge is 0.270 e. The van der Waals surface area contributed by atoms with E-state index in [1.165, 1.54) is 12.4 Å². The normalized spacial score (nSPS) is 15.1. The van der Waals surface area contributed by atoms with Crippen LogP contribution >= 0.6 is 24.0 Å². The molecular formula is C39H45FIN9O3. The number of aliphatic imine (C=N–C) groups is 1. The molecule has 0 atom stereocenters. The number of hydrazone groups is 1. The number of piperazine rings is 1. The summed E-state index contributed by atoms with van der Waals surface area (Å²) in [5, 5.41) is 9.43. The Morgan fingerprint density at radius 1 is 1.04 bits per heavy atom. The zero-order chi connectivity index (χ0) is 36.4. The number of anilines is 1. The van der Waals surface area contributed by atoms with Gasteiger partial charge in [-0.3, -0.25) is 19.3 Å². The van der Waals surface area contributed by atoms with Crippen molar-refractivity contribution in [2.45, 2.75) is 19.8 Å². The van der Waals surface area contributed by atoms with Crippen LogP contribution in [0.1, 0.15) is 35.9 Å². The average Bonchev–Trinajstić information content (AvgIpc) is 3.78. The molecule has 3 N–H and O–H groups in total. The number of carbonyl (C=O) groups is 2. The summed E-state index contributed by atoms with van der Waals surface area (Å²) in [6, 6.07) is 15.4. The lowest BCUT2D eigenvalue weighted by Gasteiger charge is -2.36. The molecule has 14 heteroatoms. The third-order valence-electron chi connectivity index (χ3n) is 10.0. The molecule has 2 aromatic heterocycles. The van der Waals surface area contributed by atoms with Crippen LogP contribution in [0.25, 0.3) is 38.5 Å². The number of para-hydroxylation sites is 1. The van der Waals surface area contributed by atoms with Gasteiger partial charge in [-0.05, 0) is 60.4 Å². The number of carbonyl (C=O) groups excluding carboxylic acids is 2. The number of aryl methyl sites for hydroxylation is 2. The lowest BCUT2D eigenvalue weighted by Crippen LogP contribution is -2.49. The van der Waals surface area contributed by atoms with Gasteiger partial charge in [0.1, 0.15) is 11.4 Å². The van der Waals surface area contributed by atoms with Gasteiger partial charge in [-0.1, -0.05) is 24.3 Å². The summed E-state index contributed by atoms with van der Waals surface area (Å²) in [6.45, 7) is 5.56. The number of nitrogens with two attached hydrogens (primary N) is 1. The second-order valence-electron chi connectivity index (χ2n) is 13.1. The van der Waals surface area contributed by atoms with E-state index >= 15 is 4.39 Å². The Morgan fingerprint density at radius 2 is 1.83 bits per heavy atom. The molecule has 278 valence electrons. The summed E-state index contributed by atoms with van der Waals surface area (Å²) in [5.41, 5.74) is 6.48. The van der Waals surface area contributed by atoms with E-state index in [1.54, 1.807) is 18.1 Å². The van der Waals surface area contributed by atoms with E-state index in [9.17, 15) is 9.59 Å². The summed E-state index contributed by atoms with van der Waals surface area (Å²) >= 11 is 0. The van der Waals surface area contributed by atoms with E-state index in [0.717, 1.165) is 33.3 Å². The van der Waals surface area contributed by atoms with Crippen molar-refractivity contribution in [3.05, 3.63) is 83.4 Å². The first-order valence-corrected chi connectivity index (χ1v) is 17.4. The molecule has 0 bridgehead atoms. The van der Waals surface area contributed by atoms with Gasteiger partial charge in [0.15, 0.2) is 5.82 Å². The minimum absolute atomic E-state index is 0. The zero-order valence-electron chi connectivity index (χ0n) is 30.0. The number of ether oxygens (including phenoxy) is 1. The molecule has 2 aliphatic heterocycles. The number of aromatic nitrogens is 3. The number of benzene rings is 3. The molecule has 4 heterocycles. The molecule has 2 amide bonds. The fourth-order valence-corrected chi connectivity index (χ4v) is 7.29. The molecule has 5 aromatic rings. The van der Waals surface area contributed by atoms with Gasteiger partial charge >= 0.3 is 0 Å². The molecule has 0 saturated carbocycles. The van der Waals surface area contributed by atoms with Crippen LogP contribution in [-0.2, 0) is 11.8 Å². The second-order valence-corrected chi connectivity index (χ2v) is 13.1. The monoisotopic (exact) mass is 833 g/mol. The van der Waals surface area contributed by atoms with E-state index in [4.69, 9.17) is 10.6 Å². The first-order valence-electron chi connectivity index (χ1n) is 17.4. The van der Waals surface area contributed by atoms with Gasteiger partial charge < -0.3 is 30.3 Å². The summed E-state index contributed by atoms with van der Waals surface area (Å²) < 4.78 is 24.3. The van der Waals surface area contributed by atoms with E-state index in [-0.39, 0.29) is 55.7 Å². The molecule has 53 heavy (non-hydrogen) atoms. The third kappa shape index (κ3) is 7.50. The van der Waals surface area contributed by atoms with Crippen molar-refractivity contribution in [2.75, 3.05) is 57.8 Å². The predicted octanol–water partition coefficient (Wildman–Crippen LogP) is 6.03. The van der Waals surface area contributed by atoms with Gasteiger partial charge in [-0.2, -0.15) is 10.2 Å². The first-order chi connectivity index (χ1) is 25.3. The lowest BCUT2D eigenvalue weighted by molar-refractivity contribution is -0.130. The molecule has 1 fully saturated rings. The summed E-state index contributed by atoms with van der Waals surface area (Å²) in [7, 11) is 3.54. The molecule has 3 aromatic carbocycles. The number of amides is 2. The Hall–Kier alpha value is -5.25. The van der Waals surface area contributed by atoms with Crippen LogP contribution in [0, 0.1) is 12.7 Å². The van der Waals surface area contributed by atoms with Crippen LogP contribution in [0.3, 0.4) is 0 Å². The number of aromatic amines is 1. The molecule has 2 aliphatic rings. The predicted molar refractivity (Wildman–Crippen MR) is 221 cm³/mol. The van der Waals surface area contributed by atoms with E-state index in [2.05, 4.69) is 44.1 Å². The number of methoxy groups -OCH3 is 1. The second kappa shape index (κ2) is 16.2. The number of hydrogen-bond acceptors (Lipinski definition) is 8. The topological polar surface area (TPSA) is 137 Å². The van der Waals surface area contributed by atoms with Crippen molar-refractivity contribution < 1.29 is 20.1 Å². The Bertz CT molecular complexity index is 2260. The SMILES string of the molecule is COc1ccccc1-c1cc(C2=CCCN(C(=O)CCN=C/C=N\N)C2)c(F)c2[nH]c(C(=O)N3CCN(c4cc5c(cnn5C)cc4C)CC3)cc12.I.[HH]. The fourth-order valence-electron chi connectivity index (χ4n) is 7.29. The van der Waals surface area contributed by atoms with Gasteiger partial charge in [0.05, 0.1) is 30.6 Å². The van der Waals surface area contributed by atoms with Crippen molar-refractivity contribution >= 4 is 81.3 Å². The van der Waals surface area contributed by atoms with Crippen molar-refractivity contribution in [3.63, 3.8) is 0 Å². The highest BCUT2D eigenvalue weighted by Crippen LogP contribution is 2.40. The van der Waals surface area contributed by atoms with Crippen LogP contribution in [-0.4, -0.2) is 102 Å². The summed E-state index contributed by atoms with van der Waals surface area (Å²) in [4.78, 5) is 40.3. The maximum absolute atomic E-state index is 16.7. The van der Waals surface area contributed by atoms with Gasteiger partial charge in [-0.15, -0.1) is 24.0 Å². The van der Waals surface area contributed by atoms with Crippen LogP contribution in [0.4, 0.5) is 10.1 Å². The molecule has 12 nitrogen and oxygen atoms in total. The van der Waals surface area contributed by atoms with Crippen LogP contribution in [0.5, 0.6) is 5.75 Å². The molecule has 0 spiro atoms. The molecule has 0 unspecified atom stereocenters. The molecule has 0 aliphatic carbocycles. The number of H-pyrrole nitrogens is 1. The lowest BCUT2D eigenvalue weighted by atomic mass is 9.93. The van der Waals surface area contributed by atoms with Crippen LogP contribution in [0.15, 0.2) is 70.9 Å². The van der Waals surface area contributed by atoms with Crippen LogP contribution in [0.2, 0.25) is 0 Å². The maximum Gasteiger partial charge on any atom is 0.270 e. The standard InChI is InChI=1S/C39H42FN9O3.HI.H2/c1-25-19-27-23-44-46(2)34(27)22-33(25)47-15-17-48(18-16-47)39(51)32-21-31-30(28-8-4-5-9-35(28)52-3)20-29(37(40)38(31)45-32)26-7-6-14-49(24-26)36(50)10-11-42-12-13-43-41;;/h4-5,7-9,12-13,19-23,45H,6,10-11,14-18,24,41H2,1-3H3;2*1H/b42-12?,43-13-;;. The highest BCUT2D eigenvalue weighted by Gasteiger charge is 2.28. The Kier molecular flexibility index (Phi) is 11.5. The van der Waals surface area contributed by atoms with Crippen molar-refractivity contribution in [1.29, 1.82) is 0 Å². The highest BCUT2D eigenvalue weighted by atomic mass is 127. The van der Waals surface area contributed by atoms with E-state index in [0.29, 0.717) is 73.7 Å². The Balaban J connectivity index is 0.00000280. The Morgan fingerprint density at radius 3 is 2.60 bits per heavy atom. The number of nitrogens with one attached hydrogen (secondary N) is 1. The molecular weight excluding hydrogens is 788 g/mol. The molecule has 7 rings (SSSR count). The van der Waals surface area contributed by atoms with Gasteiger partial charge in [-0.25, -0.2) is 4.39 Å². The van der Waals surface area contributed by atoms with Gasteiger partial charge in [0, 0.05) is 94.5 Å². The van der Waals surface area contributed by atoms with Crippen LogP contribution < -0.4 is 15.5 Å². The molecule has 0 radical (unpaired) electrons. The van der Waals surface area contributed by atoms with Crippen molar-refractivity contribution in [3.8, 4) is 16.9 Å². The third-order valence-corrected chi connectivity index (χ3v) is 10.0. The van der Waals surface area contributed by atoms with E-state index < -0.39 is 5.82 Å². The fraction of sp³-hybridized carbons (Fsp3) is 0.308. The maximum atomic E-state index is 16.7. The summed E-state index contributed by atoms with van der Waals surface area (Å²) in [6.07, 6.45) is 7.47. The number of rotatable bonds is 9. The van der Waals surface area contributed by atoms with Gasteiger partial charge in [0.2, 0.25) is 5.91 Å². The quantitative estimate of drug-likeness (QED) is 0.0807. The number of hydrogen-bond donors (Lipinski definition) is 2. The first kappa shape index (κ1) is 37.5. The van der Waals surface area contributed by atoms with E-state index in [1.807, 2.05) is 59.2 Å². The number of nitrogens with zero attached hydrogens (tertiary/aromatic N) is 7. The minimum atomic E-state index is -0.468. The average molecular weight is 834 g/mol.